The van der Waals surface area contributed by atoms with Crippen LogP contribution in [0.1, 0.15) is 23.2 Å². The van der Waals surface area contributed by atoms with Crippen LogP contribution in [0.3, 0.4) is 0 Å². The smallest absolute Gasteiger partial charge is 0.255 e. The number of hydrogen-bond acceptors (Lipinski definition) is 5. The third-order valence-corrected chi connectivity index (χ3v) is 5.17. The summed E-state index contributed by atoms with van der Waals surface area (Å²) < 4.78 is 0. The van der Waals surface area contributed by atoms with Gasteiger partial charge in [-0.25, -0.2) is 9.97 Å². The van der Waals surface area contributed by atoms with Gasteiger partial charge >= 0.3 is 0 Å². The number of benzene rings is 1. The average molecular weight is 358 g/mol. The molecule has 0 saturated carbocycles. The number of fused-ring (bicyclic) bond motifs is 4. The minimum Gasteiger partial charge on any atom is -0.336 e. The van der Waals surface area contributed by atoms with Crippen molar-refractivity contribution in [3.05, 3.63) is 47.2 Å². The summed E-state index contributed by atoms with van der Waals surface area (Å²) in [7, 11) is 0. The van der Waals surface area contributed by atoms with Crippen molar-refractivity contribution < 1.29 is 4.79 Å². The zero-order valence-corrected chi connectivity index (χ0v) is 14.6. The SMILES string of the molecule is O=C(Nc1cnc(N2CCN3CCC2CC3)nc1)c1ccc(Cl)cc1. The highest BCUT2D eigenvalue weighted by Gasteiger charge is 2.30. The topological polar surface area (TPSA) is 61.4 Å². The summed E-state index contributed by atoms with van der Waals surface area (Å²) in [5.74, 6) is 0.549. The molecular formula is C18H20ClN5O. The maximum absolute atomic E-state index is 12.2. The maximum Gasteiger partial charge on any atom is 0.255 e. The zero-order valence-electron chi connectivity index (χ0n) is 13.9. The first-order valence-corrected chi connectivity index (χ1v) is 8.95. The molecule has 1 aromatic carbocycles. The Bertz CT molecular complexity index is 741. The van der Waals surface area contributed by atoms with E-state index in [2.05, 4.69) is 25.1 Å². The molecule has 1 N–H and O–H groups in total. The van der Waals surface area contributed by atoms with Crippen molar-refractivity contribution in [3.8, 4) is 0 Å². The fraction of sp³-hybridized carbons (Fsp3) is 0.389. The normalized spacial score (nSPS) is 22.5. The molecule has 2 aromatic rings. The van der Waals surface area contributed by atoms with Crippen molar-refractivity contribution in [2.75, 3.05) is 36.4 Å². The Labute approximate surface area is 151 Å². The summed E-state index contributed by atoms with van der Waals surface area (Å²) in [5, 5.41) is 3.42. The molecule has 0 radical (unpaired) electrons. The van der Waals surface area contributed by atoms with Crippen LogP contribution in [0.15, 0.2) is 36.7 Å². The summed E-state index contributed by atoms with van der Waals surface area (Å²) >= 11 is 5.85. The van der Waals surface area contributed by atoms with Gasteiger partial charge in [0.15, 0.2) is 0 Å². The number of carbonyl (C=O) groups is 1. The molecule has 1 aromatic heterocycles. The van der Waals surface area contributed by atoms with Gasteiger partial charge in [-0.1, -0.05) is 11.6 Å². The van der Waals surface area contributed by atoms with Crippen LogP contribution in [0.2, 0.25) is 5.02 Å². The highest BCUT2D eigenvalue weighted by Crippen LogP contribution is 2.24. The van der Waals surface area contributed by atoms with Crippen LogP contribution in [0.25, 0.3) is 0 Å². The van der Waals surface area contributed by atoms with Gasteiger partial charge in [0.2, 0.25) is 5.95 Å². The van der Waals surface area contributed by atoms with Gasteiger partial charge in [0.25, 0.3) is 5.91 Å². The van der Waals surface area contributed by atoms with Crippen LogP contribution >= 0.6 is 11.6 Å². The molecule has 6 nitrogen and oxygen atoms in total. The maximum atomic E-state index is 12.2. The largest absolute Gasteiger partial charge is 0.336 e. The van der Waals surface area contributed by atoms with Gasteiger partial charge in [0.1, 0.15) is 0 Å². The second-order valence-electron chi connectivity index (χ2n) is 6.50. The Kier molecular flexibility index (Phi) is 4.55. The van der Waals surface area contributed by atoms with Gasteiger partial charge in [-0.05, 0) is 37.1 Å². The number of piperidine rings is 1. The molecule has 5 rings (SSSR count). The number of carbonyl (C=O) groups excluding carboxylic acids is 1. The molecule has 0 spiro atoms. The van der Waals surface area contributed by atoms with Gasteiger partial charge in [-0.15, -0.1) is 0 Å². The molecule has 3 aliphatic rings. The van der Waals surface area contributed by atoms with E-state index in [1.807, 2.05) is 0 Å². The number of halogens is 1. The van der Waals surface area contributed by atoms with Crippen LogP contribution < -0.4 is 10.2 Å². The number of nitrogens with one attached hydrogen (secondary N) is 1. The molecule has 0 unspecified atom stereocenters. The number of anilines is 2. The Morgan fingerprint density at radius 3 is 2.40 bits per heavy atom. The van der Waals surface area contributed by atoms with Gasteiger partial charge in [0.05, 0.1) is 18.1 Å². The molecule has 3 fully saturated rings. The van der Waals surface area contributed by atoms with Gasteiger partial charge < -0.3 is 15.1 Å². The average Bonchev–Trinajstić information content (AvgIpc) is 2.97. The predicted molar refractivity (Wildman–Crippen MR) is 98.2 cm³/mol. The van der Waals surface area contributed by atoms with Crippen LogP contribution in [0.5, 0.6) is 0 Å². The molecule has 7 heteroatoms. The summed E-state index contributed by atoms with van der Waals surface area (Å²) in [6, 6.07) is 7.29. The van der Waals surface area contributed by atoms with E-state index in [-0.39, 0.29) is 5.91 Å². The summed E-state index contributed by atoms with van der Waals surface area (Å²) in [4.78, 5) is 26.0. The fourth-order valence-corrected chi connectivity index (χ4v) is 3.61. The molecule has 130 valence electrons. The Hall–Kier alpha value is -2.18. The number of hydrogen-bond donors (Lipinski definition) is 1. The lowest BCUT2D eigenvalue weighted by molar-refractivity contribution is 0.102. The fourth-order valence-electron chi connectivity index (χ4n) is 3.49. The molecule has 1 amide bonds. The van der Waals surface area contributed by atoms with Crippen molar-refractivity contribution in [2.24, 2.45) is 0 Å². The van der Waals surface area contributed by atoms with Crippen LogP contribution in [-0.4, -0.2) is 53.0 Å². The lowest BCUT2D eigenvalue weighted by atomic mass is 10.1. The number of aromatic nitrogens is 2. The molecule has 3 saturated heterocycles. The quantitative estimate of drug-likeness (QED) is 0.915. The van der Waals surface area contributed by atoms with E-state index in [9.17, 15) is 4.79 Å². The second kappa shape index (κ2) is 6.98. The van der Waals surface area contributed by atoms with Gasteiger partial charge in [-0.2, -0.15) is 0 Å². The zero-order chi connectivity index (χ0) is 17.2. The van der Waals surface area contributed by atoms with Crippen molar-refractivity contribution in [1.29, 1.82) is 0 Å². The van der Waals surface area contributed by atoms with Gasteiger partial charge in [-0.3, -0.25) is 4.79 Å². The van der Waals surface area contributed by atoms with Crippen molar-refractivity contribution in [3.63, 3.8) is 0 Å². The van der Waals surface area contributed by atoms with E-state index in [1.165, 1.54) is 12.8 Å². The van der Waals surface area contributed by atoms with Crippen LogP contribution in [-0.2, 0) is 0 Å². The molecular weight excluding hydrogens is 338 g/mol. The monoisotopic (exact) mass is 357 g/mol. The summed E-state index contributed by atoms with van der Waals surface area (Å²) in [6.45, 7) is 4.35. The second-order valence-corrected chi connectivity index (χ2v) is 6.94. The minimum atomic E-state index is -0.200. The molecule has 0 atom stereocenters. The lowest BCUT2D eigenvalue weighted by Gasteiger charge is -2.31. The summed E-state index contributed by atoms with van der Waals surface area (Å²) in [6.07, 6.45) is 5.68. The van der Waals surface area contributed by atoms with Gasteiger partial charge in [0, 0.05) is 42.8 Å². The van der Waals surface area contributed by atoms with Crippen molar-refractivity contribution in [2.45, 2.75) is 18.9 Å². The van der Waals surface area contributed by atoms with Crippen LogP contribution in [0, 0.1) is 0 Å². The first-order valence-electron chi connectivity index (χ1n) is 8.57. The first kappa shape index (κ1) is 16.3. The molecule has 2 bridgehead atoms. The highest BCUT2D eigenvalue weighted by atomic mass is 35.5. The van der Waals surface area contributed by atoms with E-state index in [4.69, 9.17) is 11.6 Å². The molecule has 3 aliphatic heterocycles. The summed E-state index contributed by atoms with van der Waals surface area (Å²) in [5.41, 5.74) is 1.14. The van der Waals surface area contributed by atoms with E-state index in [0.717, 1.165) is 32.1 Å². The van der Waals surface area contributed by atoms with E-state index >= 15 is 0 Å². The van der Waals surface area contributed by atoms with E-state index < -0.39 is 0 Å². The van der Waals surface area contributed by atoms with E-state index in [0.29, 0.717) is 22.3 Å². The third kappa shape index (κ3) is 3.60. The third-order valence-electron chi connectivity index (χ3n) is 4.91. The van der Waals surface area contributed by atoms with Crippen LogP contribution in [0.4, 0.5) is 11.6 Å². The van der Waals surface area contributed by atoms with Crippen molar-refractivity contribution in [1.82, 2.24) is 14.9 Å². The predicted octanol–water partition coefficient (Wildman–Crippen LogP) is 2.67. The standard InChI is InChI=1S/C18H20ClN5O/c19-14-3-1-13(2-4-14)17(25)22-15-11-20-18(21-12-15)24-10-9-23-7-5-16(24)6-8-23/h1-4,11-12,16H,5-10H2,(H,22,25). The Balaban J connectivity index is 1.45. The Morgan fingerprint density at radius 2 is 1.72 bits per heavy atom. The molecule has 25 heavy (non-hydrogen) atoms. The highest BCUT2D eigenvalue weighted by molar-refractivity contribution is 6.30. The minimum absolute atomic E-state index is 0.200. The molecule has 0 aliphatic carbocycles. The number of amides is 1. The number of rotatable bonds is 3. The van der Waals surface area contributed by atoms with E-state index in [1.54, 1.807) is 36.7 Å². The lowest BCUT2D eigenvalue weighted by Crippen LogP contribution is -2.38. The molecule has 4 heterocycles. The van der Waals surface area contributed by atoms with Crippen molar-refractivity contribution >= 4 is 29.1 Å². The number of nitrogens with zero attached hydrogens (tertiary/aromatic N) is 4. The Morgan fingerprint density at radius 1 is 1.04 bits per heavy atom. The first-order chi connectivity index (χ1) is 12.2.